The van der Waals surface area contributed by atoms with Gasteiger partial charge >= 0.3 is 0 Å². The number of anilines is 1. The molecule has 6 rings (SSSR count). The Kier molecular flexibility index (Phi) is 5.60. The number of morpholine rings is 1. The van der Waals surface area contributed by atoms with Gasteiger partial charge < -0.3 is 19.1 Å². The van der Waals surface area contributed by atoms with Crippen molar-refractivity contribution in [2.75, 3.05) is 58.4 Å². The highest BCUT2D eigenvalue weighted by molar-refractivity contribution is 5.86. The molecule has 0 N–H and O–H groups in total. The lowest BCUT2D eigenvalue weighted by Gasteiger charge is -2.38. The number of ether oxygens (including phenoxy) is 1. The molecule has 36 heavy (non-hydrogen) atoms. The molecule has 2 saturated heterocycles. The van der Waals surface area contributed by atoms with Crippen LogP contribution in [0.4, 0.5) is 5.82 Å². The Hall–Kier alpha value is -3.57. The van der Waals surface area contributed by atoms with Gasteiger partial charge in [0.2, 0.25) is 11.9 Å². The van der Waals surface area contributed by atoms with Gasteiger partial charge in [0.25, 0.3) is 0 Å². The predicted molar refractivity (Wildman–Crippen MR) is 136 cm³/mol. The first-order valence-electron chi connectivity index (χ1n) is 12.3. The molecule has 0 aliphatic carbocycles. The minimum Gasteiger partial charge on any atom is -0.378 e. The average Bonchev–Trinajstić information content (AvgIpc) is 3.36. The molecule has 5 heterocycles. The smallest absolute Gasteiger partial charge is 0.239 e. The number of benzene rings is 1. The van der Waals surface area contributed by atoms with Crippen LogP contribution < -0.4 is 4.90 Å². The second-order valence-corrected chi connectivity index (χ2v) is 9.81. The third-order valence-corrected chi connectivity index (χ3v) is 7.13. The van der Waals surface area contributed by atoms with Gasteiger partial charge in [0.15, 0.2) is 17.0 Å². The van der Waals surface area contributed by atoms with Crippen LogP contribution in [0.2, 0.25) is 0 Å². The van der Waals surface area contributed by atoms with Crippen molar-refractivity contribution in [3.8, 4) is 5.95 Å². The molecule has 0 radical (unpaired) electrons. The SMILES string of the molecule is Cc1nc2ccccc2n1-c1nc(N2CCOCC2)c2nc(CN3CC(C(=O)N(C)C)C3)n(C)c2n1. The van der Waals surface area contributed by atoms with E-state index in [1.54, 1.807) is 4.90 Å². The molecule has 1 amide bonds. The first-order valence-corrected chi connectivity index (χ1v) is 12.3. The van der Waals surface area contributed by atoms with Gasteiger partial charge in [-0.25, -0.2) is 9.97 Å². The number of amides is 1. The van der Waals surface area contributed by atoms with Crippen LogP contribution in [0.1, 0.15) is 11.6 Å². The molecule has 2 fully saturated rings. The maximum Gasteiger partial charge on any atom is 0.239 e. The summed E-state index contributed by atoms with van der Waals surface area (Å²) in [7, 11) is 5.63. The number of para-hydroxylation sites is 2. The number of fused-ring (bicyclic) bond motifs is 2. The largest absolute Gasteiger partial charge is 0.378 e. The van der Waals surface area contributed by atoms with Crippen LogP contribution in [0.3, 0.4) is 0 Å². The van der Waals surface area contributed by atoms with Crippen LogP contribution in [0.15, 0.2) is 24.3 Å². The highest BCUT2D eigenvalue weighted by Crippen LogP contribution is 2.29. The fourth-order valence-corrected chi connectivity index (χ4v) is 5.14. The summed E-state index contributed by atoms with van der Waals surface area (Å²) in [6.07, 6.45) is 0. The van der Waals surface area contributed by atoms with Crippen molar-refractivity contribution in [1.29, 1.82) is 0 Å². The van der Waals surface area contributed by atoms with Crippen molar-refractivity contribution in [3.63, 3.8) is 0 Å². The Labute approximate surface area is 209 Å². The first-order chi connectivity index (χ1) is 17.4. The molecule has 0 atom stereocenters. The zero-order valence-electron chi connectivity index (χ0n) is 21.2. The molecule has 1 aromatic carbocycles. The van der Waals surface area contributed by atoms with E-state index in [0.29, 0.717) is 25.7 Å². The summed E-state index contributed by atoms with van der Waals surface area (Å²) in [5.41, 5.74) is 3.47. The van der Waals surface area contributed by atoms with Crippen LogP contribution in [0.25, 0.3) is 28.1 Å². The number of aryl methyl sites for hydroxylation is 2. The van der Waals surface area contributed by atoms with Crippen molar-refractivity contribution in [2.24, 2.45) is 13.0 Å². The number of hydrogen-bond acceptors (Lipinski definition) is 8. The maximum absolute atomic E-state index is 12.3. The van der Waals surface area contributed by atoms with Crippen LogP contribution in [0.5, 0.6) is 0 Å². The van der Waals surface area contributed by atoms with Crippen LogP contribution in [-0.2, 0) is 23.1 Å². The molecule has 2 aliphatic rings. The Morgan fingerprint density at radius 3 is 2.58 bits per heavy atom. The molecule has 11 heteroatoms. The Morgan fingerprint density at radius 2 is 1.83 bits per heavy atom. The Balaban J connectivity index is 1.41. The standard InChI is InChI=1S/C25H31N9O2/c1-16-26-18-7-5-6-8-19(18)34(16)25-28-22-21(23(29-25)33-9-11-36-12-10-33)27-20(31(22)4)15-32-13-17(14-32)24(35)30(2)3/h5-8,17H,9-15H2,1-4H3. The van der Waals surface area contributed by atoms with Crippen molar-refractivity contribution in [1.82, 2.24) is 38.9 Å². The lowest BCUT2D eigenvalue weighted by atomic mass is 9.99. The van der Waals surface area contributed by atoms with Crippen molar-refractivity contribution in [2.45, 2.75) is 13.5 Å². The summed E-state index contributed by atoms with van der Waals surface area (Å²) in [4.78, 5) is 38.2. The van der Waals surface area contributed by atoms with Crippen molar-refractivity contribution < 1.29 is 9.53 Å². The number of hydrogen-bond donors (Lipinski definition) is 0. The van der Waals surface area contributed by atoms with E-state index in [9.17, 15) is 4.79 Å². The van der Waals surface area contributed by atoms with E-state index in [0.717, 1.165) is 65.8 Å². The normalized spacial score (nSPS) is 17.2. The van der Waals surface area contributed by atoms with Gasteiger partial charge in [-0.3, -0.25) is 14.3 Å². The minimum atomic E-state index is 0.0579. The summed E-state index contributed by atoms with van der Waals surface area (Å²) >= 11 is 0. The predicted octanol–water partition coefficient (Wildman–Crippen LogP) is 1.37. The summed E-state index contributed by atoms with van der Waals surface area (Å²) in [6, 6.07) is 8.04. The van der Waals surface area contributed by atoms with E-state index in [2.05, 4.69) is 14.4 Å². The summed E-state index contributed by atoms with van der Waals surface area (Å²) in [5.74, 6) is 3.40. The number of imidazole rings is 2. The van der Waals surface area contributed by atoms with E-state index in [4.69, 9.17) is 24.7 Å². The number of likely N-dealkylation sites (tertiary alicyclic amines) is 1. The molecule has 0 bridgehead atoms. The molecular weight excluding hydrogens is 458 g/mol. The van der Waals surface area contributed by atoms with Gasteiger partial charge in [0.1, 0.15) is 11.6 Å². The van der Waals surface area contributed by atoms with Gasteiger partial charge in [0, 0.05) is 47.3 Å². The Morgan fingerprint density at radius 1 is 1.08 bits per heavy atom. The second-order valence-electron chi connectivity index (χ2n) is 9.81. The molecular formula is C25H31N9O2. The zero-order chi connectivity index (χ0) is 25.0. The Bertz CT molecular complexity index is 1450. The summed E-state index contributed by atoms with van der Waals surface area (Å²) in [6.45, 7) is 6.94. The van der Waals surface area contributed by atoms with E-state index in [1.165, 1.54) is 0 Å². The first kappa shape index (κ1) is 22.9. The fourth-order valence-electron chi connectivity index (χ4n) is 5.14. The van der Waals surface area contributed by atoms with Gasteiger partial charge in [-0.15, -0.1) is 0 Å². The minimum absolute atomic E-state index is 0.0579. The quantitative estimate of drug-likeness (QED) is 0.415. The van der Waals surface area contributed by atoms with Gasteiger partial charge in [0.05, 0.1) is 36.7 Å². The molecule has 2 aliphatic heterocycles. The number of carbonyl (C=O) groups excluding carboxylic acids is 1. The third kappa shape index (κ3) is 3.79. The van der Waals surface area contributed by atoms with Crippen molar-refractivity contribution in [3.05, 3.63) is 35.9 Å². The lowest BCUT2D eigenvalue weighted by Crippen LogP contribution is -2.52. The van der Waals surface area contributed by atoms with Crippen LogP contribution in [0, 0.1) is 12.8 Å². The van der Waals surface area contributed by atoms with Gasteiger partial charge in [-0.2, -0.15) is 9.97 Å². The third-order valence-electron chi connectivity index (χ3n) is 7.13. The molecule has 11 nitrogen and oxygen atoms in total. The molecule has 3 aromatic heterocycles. The molecule has 188 valence electrons. The highest BCUT2D eigenvalue weighted by atomic mass is 16.5. The maximum atomic E-state index is 12.3. The van der Waals surface area contributed by atoms with Crippen LogP contribution >= 0.6 is 0 Å². The topological polar surface area (TPSA) is 97.4 Å². The summed E-state index contributed by atoms with van der Waals surface area (Å²) in [5, 5.41) is 0. The van der Waals surface area contributed by atoms with Gasteiger partial charge in [-0.1, -0.05) is 12.1 Å². The molecule has 4 aromatic rings. The van der Waals surface area contributed by atoms with Crippen LogP contribution in [-0.4, -0.2) is 98.3 Å². The molecule has 0 spiro atoms. The monoisotopic (exact) mass is 489 g/mol. The van der Waals surface area contributed by atoms with E-state index in [-0.39, 0.29) is 11.8 Å². The van der Waals surface area contributed by atoms with E-state index < -0.39 is 0 Å². The molecule has 0 saturated carbocycles. The number of nitrogens with zero attached hydrogens (tertiary/aromatic N) is 9. The number of carbonyl (C=O) groups is 1. The highest BCUT2D eigenvalue weighted by Gasteiger charge is 2.34. The van der Waals surface area contributed by atoms with Crippen molar-refractivity contribution >= 4 is 33.9 Å². The number of rotatable bonds is 5. The second kappa shape index (κ2) is 8.82. The summed E-state index contributed by atoms with van der Waals surface area (Å²) < 4.78 is 9.67. The van der Waals surface area contributed by atoms with E-state index >= 15 is 0 Å². The molecule has 0 unspecified atom stereocenters. The van der Waals surface area contributed by atoms with Gasteiger partial charge in [-0.05, 0) is 19.1 Å². The lowest BCUT2D eigenvalue weighted by molar-refractivity contribution is -0.138. The average molecular weight is 490 g/mol. The fraction of sp³-hybridized carbons (Fsp3) is 0.480. The number of aromatic nitrogens is 6. The van der Waals surface area contributed by atoms with E-state index in [1.807, 2.05) is 56.9 Å². The zero-order valence-corrected chi connectivity index (χ0v) is 21.2.